The summed E-state index contributed by atoms with van der Waals surface area (Å²) >= 11 is 6.00. The SMILES string of the molecule is C[C@@]1(Cc2ccc(-c3ccncc3)cc2)NC(=O)c2cc(Cl)ccc2NC1=O. The molecule has 6 heteroatoms. The maximum Gasteiger partial charge on any atom is 0.254 e. The van der Waals surface area contributed by atoms with Crippen LogP contribution in [0.15, 0.2) is 67.0 Å². The van der Waals surface area contributed by atoms with Gasteiger partial charge < -0.3 is 10.6 Å². The number of hydrogen-bond donors (Lipinski definition) is 2. The summed E-state index contributed by atoms with van der Waals surface area (Å²) in [5.74, 6) is -0.591. The van der Waals surface area contributed by atoms with Crippen LogP contribution in [0.3, 0.4) is 0 Å². The molecule has 0 saturated heterocycles. The summed E-state index contributed by atoms with van der Waals surface area (Å²) in [6.45, 7) is 1.73. The van der Waals surface area contributed by atoms with Gasteiger partial charge in [-0.05, 0) is 53.9 Å². The lowest BCUT2D eigenvalue weighted by molar-refractivity contribution is -0.121. The molecule has 5 nitrogen and oxygen atoms in total. The van der Waals surface area contributed by atoms with E-state index in [2.05, 4.69) is 15.6 Å². The Balaban J connectivity index is 1.59. The van der Waals surface area contributed by atoms with E-state index in [1.54, 1.807) is 37.5 Å². The number of amides is 2. The van der Waals surface area contributed by atoms with Crippen molar-refractivity contribution in [1.29, 1.82) is 0 Å². The van der Waals surface area contributed by atoms with Crippen molar-refractivity contribution in [3.8, 4) is 11.1 Å². The van der Waals surface area contributed by atoms with Gasteiger partial charge in [0.15, 0.2) is 0 Å². The average molecular weight is 392 g/mol. The van der Waals surface area contributed by atoms with Crippen molar-refractivity contribution in [2.45, 2.75) is 18.9 Å². The van der Waals surface area contributed by atoms with Crippen LogP contribution in [0.4, 0.5) is 5.69 Å². The Morgan fingerprint density at radius 3 is 2.36 bits per heavy atom. The van der Waals surface area contributed by atoms with Crippen LogP contribution in [0.25, 0.3) is 11.1 Å². The number of nitrogens with one attached hydrogen (secondary N) is 2. The molecule has 140 valence electrons. The lowest BCUT2D eigenvalue weighted by Crippen LogP contribution is -2.54. The third-order valence-electron chi connectivity index (χ3n) is 4.89. The van der Waals surface area contributed by atoms with E-state index in [0.717, 1.165) is 16.7 Å². The van der Waals surface area contributed by atoms with Gasteiger partial charge in [-0.15, -0.1) is 0 Å². The van der Waals surface area contributed by atoms with Crippen molar-refractivity contribution in [2.75, 3.05) is 5.32 Å². The van der Waals surface area contributed by atoms with Gasteiger partial charge in [0.25, 0.3) is 5.91 Å². The molecule has 1 aliphatic rings. The van der Waals surface area contributed by atoms with E-state index in [0.29, 0.717) is 22.7 Å². The maximum absolute atomic E-state index is 12.9. The minimum Gasteiger partial charge on any atom is -0.337 e. The monoisotopic (exact) mass is 391 g/mol. The Hall–Kier alpha value is -3.18. The van der Waals surface area contributed by atoms with E-state index >= 15 is 0 Å². The molecule has 2 N–H and O–H groups in total. The van der Waals surface area contributed by atoms with Crippen molar-refractivity contribution in [3.63, 3.8) is 0 Å². The Morgan fingerprint density at radius 1 is 0.964 bits per heavy atom. The van der Waals surface area contributed by atoms with Gasteiger partial charge >= 0.3 is 0 Å². The van der Waals surface area contributed by atoms with Crippen LogP contribution in [0.2, 0.25) is 5.02 Å². The van der Waals surface area contributed by atoms with E-state index < -0.39 is 5.54 Å². The number of halogens is 1. The summed E-state index contributed by atoms with van der Waals surface area (Å²) < 4.78 is 0. The molecular formula is C22H18ClN3O2. The molecule has 1 atom stereocenters. The molecule has 2 aromatic carbocycles. The van der Waals surface area contributed by atoms with E-state index in [1.807, 2.05) is 36.4 Å². The van der Waals surface area contributed by atoms with Crippen molar-refractivity contribution >= 4 is 29.1 Å². The van der Waals surface area contributed by atoms with Gasteiger partial charge in [0, 0.05) is 23.8 Å². The molecule has 0 aliphatic carbocycles. The van der Waals surface area contributed by atoms with Gasteiger partial charge in [-0.25, -0.2) is 0 Å². The van der Waals surface area contributed by atoms with Crippen LogP contribution in [-0.4, -0.2) is 22.3 Å². The highest BCUT2D eigenvalue weighted by atomic mass is 35.5. The minimum atomic E-state index is -1.08. The number of carbonyl (C=O) groups is 2. The molecule has 28 heavy (non-hydrogen) atoms. The van der Waals surface area contributed by atoms with Crippen LogP contribution >= 0.6 is 11.6 Å². The van der Waals surface area contributed by atoms with Gasteiger partial charge in [-0.3, -0.25) is 14.6 Å². The molecule has 1 aromatic heterocycles. The predicted molar refractivity (Wildman–Crippen MR) is 109 cm³/mol. The summed E-state index contributed by atoms with van der Waals surface area (Å²) in [7, 11) is 0. The standard InChI is InChI=1S/C22H18ClN3O2/c1-22(13-14-2-4-15(5-3-14)16-8-10-24-11-9-16)21(28)25-19-7-6-17(23)12-18(19)20(27)26-22/h2-12H,13H2,1H3,(H,25,28)(H,26,27)/t22-/m0/s1. The second kappa shape index (κ2) is 7.09. The number of hydrogen-bond acceptors (Lipinski definition) is 3. The molecule has 0 bridgehead atoms. The average Bonchev–Trinajstić information content (AvgIpc) is 2.78. The molecule has 0 fully saturated rings. The quantitative estimate of drug-likeness (QED) is 0.706. The van der Waals surface area contributed by atoms with Crippen molar-refractivity contribution < 1.29 is 9.59 Å². The Kier molecular flexibility index (Phi) is 4.61. The molecule has 0 saturated carbocycles. The molecule has 1 aliphatic heterocycles. The third kappa shape index (κ3) is 3.49. The first kappa shape index (κ1) is 18.2. The van der Waals surface area contributed by atoms with Crippen LogP contribution in [0, 0.1) is 0 Å². The lowest BCUT2D eigenvalue weighted by Gasteiger charge is -2.27. The van der Waals surface area contributed by atoms with Crippen LogP contribution in [0.5, 0.6) is 0 Å². The number of carbonyl (C=O) groups excluding carboxylic acids is 2. The van der Waals surface area contributed by atoms with Gasteiger partial charge in [0.05, 0.1) is 11.3 Å². The number of benzene rings is 2. The molecule has 2 heterocycles. The third-order valence-corrected chi connectivity index (χ3v) is 5.13. The molecule has 2 amide bonds. The largest absolute Gasteiger partial charge is 0.337 e. The Bertz CT molecular complexity index is 1050. The summed E-state index contributed by atoms with van der Waals surface area (Å²) in [5, 5.41) is 6.15. The molecule has 4 rings (SSSR count). The molecule has 0 radical (unpaired) electrons. The highest BCUT2D eigenvalue weighted by Crippen LogP contribution is 2.27. The fourth-order valence-electron chi connectivity index (χ4n) is 3.34. The highest BCUT2D eigenvalue weighted by Gasteiger charge is 2.38. The Labute approximate surface area is 167 Å². The molecular weight excluding hydrogens is 374 g/mol. The van der Waals surface area contributed by atoms with Gasteiger partial charge in [-0.2, -0.15) is 0 Å². The first-order valence-electron chi connectivity index (χ1n) is 8.87. The lowest BCUT2D eigenvalue weighted by atomic mass is 9.91. The van der Waals surface area contributed by atoms with Crippen molar-refractivity contribution in [2.24, 2.45) is 0 Å². The number of rotatable bonds is 3. The van der Waals surface area contributed by atoms with Crippen molar-refractivity contribution in [3.05, 3.63) is 83.1 Å². The fraction of sp³-hybridized carbons (Fsp3) is 0.136. The summed E-state index contributed by atoms with van der Waals surface area (Å²) in [4.78, 5) is 29.6. The number of fused-ring (bicyclic) bond motifs is 1. The number of nitrogens with zero attached hydrogens (tertiary/aromatic N) is 1. The predicted octanol–water partition coefficient (Wildman–Crippen LogP) is 4.09. The number of pyridine rings is 1. The summed E-state index contributed by atoms with van der Waals surface area (Å²) in [5.41, 5.74) is 2.81. The van der Waals surface area contributed by atoms with E-state index in [4.69, 9.17) is 11.6 Å². The zero-order chi connectivity index (χ0) is 19.7. The van der Waals surface area contributed by atoms with Crippen LogP contribution in [0.1, 0.15) is 22.8 Å². The molecule has 0 unspecified atom stereocenters. The zero-order valence-corrected chi connectivity index (χ0v) is 16.0. The zero-order valence-electron chi connectivity index (χ0n) is 15.2. The first-order valence-corrected chi connectivity index (χ1v) is 9.25. The second-order valence-electron chi connectivity index (χ2n) is 7.04. The number of aromatic nitrogens is 1. The van der Waals surface area contributed by atoms with Gasteiger partial charge in [0.2, 0.25) is 5.91 Å². The topological polar surface area (TPSA) is 71.1 Å². The van der Waals surface area contributed by atoms with Crippen LogP contribution in [-0.2, 0) is 11.2 Å². The van der Waals surface area contributed by atoms with E-state index in [9.17, 15) is 9.59 Å². The molecule has 3 aromatic rings. The molecule has 0 spiro atoms. The number of anilines is 1. The normalized spacial score (nSPS) is 18.6. The first-order chi connectivity index (χ1) is 13.4. The van der Waals surface area contributed by atoms with Gasteiger partial charge in [0.1, 0.15) is 5.54 Å². The highest BCUT2D eigenvalue weighted by molar-refractivity contribution is 6.31. The van der Waals surface area contributed by atoms with Gasteiger partial charge in [-0.1, -0.05) is 35.9 Å². The minimum absolute atomic E-state index is 0.264. The Morgan fingerprint density at radius 2 is 1.64 bits per heavy atom. The van der Waals surface area contributed by atoms with E-state index in [-0.39, 0.29) is 11.8 Å². The maximum atomic E-state index is 12.9. The summed E-state index contributed by atoms with van der Waals surface area (Å²) in [6, 6.07) is 16.7. The smallest absolute Gasteiger partial charge is 0.254 e. The van der Waals surface area contributed by atoms with E-state index in [1.165, 1.54) is 0 Å². The fourth-order valence-corrected chi connectivity index (χ4v) is 3.51. The van der Waals surface area contributed by atoms with Crippen LogP contribution < -0.4 is 10.6 Å². The summed E-state index contributed by atoms with van der Waals surface area (Å²) in [6.07, 6.45) is 3.86. The van der Waals surface area contributed by atoms with Crippen molar-refractivity contribution in [1.82, 2.24) is 10.3 Å². The second-order valence-corrected chi connectivity index (χ2v) is 7.48.